The molecular weight excluding hydrogens is 728 g/mol. The fraction of sp³-hybridized carbons (Fsp3) is 0.250. The largest absolute Gasteiger partial charge is 0.463 e. The molecule has 2 aromatic heterocycles. The SMILES string of the molecule is CCCC1=C(C(=O)OCC)[C@H](c2ccc3c(c2)OCO3)n2c(s/c(=C/c3cc([N+](=O)[O-])ccc3Sc3nnc(-c4cccc(Cl)c4)n3CC)c2=O)=N1. The maximum Gasteiger partial charge on any atom is 0.338 e. The van der Waals surface area contributed by atoms with Gasteiger partial charge in [-0.2, -0.15) is 0 Å². The molecule has 1 atom stereocenters. The van der Waals surface area contributed by atoms with Gasteiger partial charge in [-0.15, -0.1) is 10.2 Å². The smallest absolute Gasteiger partial charge is 0.338 e. The van der Waals surface area contributed by atoms with E-state index in [1.165, 1.54) is 28.5 Å². The molecule has 0 bridgehead atoms. The number of benzene rings is 3. The van der Waals surface area contributed by atoms with E-state index in [0.717, 1.165) is 16.9 Å². The Morgan fingerprint density at radius 1 is 1.12 bits per heavy atom. The predicted octanol–water partition coefficient (Wildman–Crippen LogP) is 6.30. The van der Waals surface area contributed by atoms with Crippen molar-refractivity contribution < 1.29 is 23.9 Å². The lowest BCUT2D eigenvalue weighted by Gasteiger charge is -2.25. The molecular formula is C36H31ClN6O7S2. The zero-order valence-electron chi connectivity index (χ0n) is 28.2. The van der Waals surface area contributed by atoms with Crippen LogP contribution in [-0.4, -0.2) is 43.6 Å². The Labute approximate surface area is 310 Å². The summed E-state index contributed by atoms with van der Waals surface area (Å²) < 4.78 is 20.3. The van der Waals surface area contributed by atoms with E-state index in [2.05, 4.69) is 10.2 Å². The summed E-state index contributed by atoms with van der Waals surface area (Å²) in [4.78, 5) is 45.3. The Kier molecular flexibility index (Phi) is 9.99. The molecule has 4 heterocycles. The highest BCUT2D eigenvalue weighted by molar-refractivity contribution is 7.99. The van der Waals surface area contributed by atoms with Gasteiger partial charge in [0.25, 0.3) is 11.2 Å². The molecule has 16 heteroatoms. The maximum atomic E-state index is 14.5. The number of esters is 1. The number of nitro groups is 1. The van der Waals surface area contributed by atoms with Gasteiger partial charge in [-0.3, -0.25) is 19.5 Å². The number of carbonyl (C=O) groups excluding carboxylic acids is 1. The number of rotatable bonds is 11. The number of ether oxygens (including phenoxy) is 3. The van der Waals surface area contributed by atoms with Crippen LogP contribution in [0.4, 0.5) is 5.69 Å². The van der Waals surface area contributed by atoms with E-state index < -0.39 is 22.5 Å². The van der Waals surface area contributed by atoms with Gasteiger partial charge in [-0.05, 0) is 79.6 Å². The molecule has 0 spiro atoms. The summed E-state index contributed by atoms with van der Waals surface area (Å²) in [5.41, 5.74) is 2.06. The third-order valence-electron chi connectivity index (χ3n) is 8.41. The Bertz CT molecular complexity index is 2460. The Hall–Kier alpha value is -5.25. The molecule has 3 aromatic carbocycles. The zero-order chi connectivity index (χ0) is 36.5. The van der Waals surface area contributed by atoms with Crippen LogP contribution in [0.1, 0.15) is 50.8 Å². The third-order valence-corrected chi connectivity index (χ3v) is 10.7. The number of hydrogen-bond donors (Lipinski definition) is 0. The molecule has 2 aliphatic rings. The van der Waals surface area contributed by atoms with Crippen LogP contribution in [0.5, 0.6) is 11.5 Å². The van der Waals surface area contributed by atoms with Crippen molar-refractivity contribution in [2.75, 3.05) is 13.4 Å². The highest BCUT2D eigenvalue weighted by Crippen LogP contribution is 2.39. The Morgan fingerprint density at radius 3 is 2.69 bits per heavy atom. The minimum Gasteiger partial charge on any atom is -0.463 e. The molecule has 5 aromatic rings. The van der Waals surface area contributed by atoms with Crippen molar-refractivity contribution in [3.8, 4) is 22.9 Å². The van der Waals surface area contributed by atoms with Crippen molar-refractivity contribution in [3.05, 3.63) is 118 Å². The zero-order valence-corrected chi connectivity index (χ0v) is 30.6. The average molecular weight is 759 g/mol. The highest BCUT2D eigenvalue weighted by Gasteiger charge is 2.35. The first-order chi connectivity index (χ1) is 25.2. The summed E-state index contributed by atoms with van der Waals surface area (Å²) in [7, 11) is 0. The van der Waals surface area contributed by atoms with Crippen molar-refractivity contribution in [3.63, 3.8) is 0 Å². The quantitative estimate of drug-likeness (QED) is 0.0853. The van der Waals surface area contributed by atoms with E-state index in [1.54, 1.807) is 49.4 Å². The minimum absolute atomic E-state index is 0.0588. The van der Waals surface area contributed by atoms with Gasteiger partial charge in [-0.1, -0.05) is 54.5 Å². The number of allylic oxidation sites excluding steroid dienone is 1. The number of non-ortho nitro benzene ring substituents is 1. The van der Waals surface area contributed by atoms with Crippen LogP contribution in [0.3, 0.4) is 0 Å². The monoisotopic (exact) mass is 758 g/mol. The van der Waals surface area contributed by atoms with Gasteiger partial charge in [0, 0.05) is 34.2 Å². The van der Waals surface area contributed by atoms with Crippen LogP contribution in [0.2, 0.25) is 5.02 Å². The lowest BCUT2D eigenvalue weighted by atomic mass is 9.94. The first-order valence-corrected chi connectivity index (χ1v) is 18.5. The predicted molar refractivity (Wildman–Crippen MR) is 196 cm³/mol. The molecule has 7 rings (SSSR count). The molecule has 0 fully saturated rings. The van der Waals surface area contributed by atoms with Crippen molar-refractivity contribution in [1.29, 1.82) is 0 Å². The maximum absolute atomic E-state index is 14.5. The molecule has 0 N–H and O–H groups in total. The number of fused-ring (bicyclic) bond motifs is 2. The number of carbonyl (C=O) groups is 1. The van der Waals surface area contributed by atoms with Gasteiger partial charge in [0.1, 0.15) is 0 Å². The number of nitrogens with zero attached hydrogens (tertiary/aromatic N) is 6. The molecule has 0 saturated carbocycles. The van der Waals surface area contributed by atoms with Crippen molar-refractivity contribution in [1.82, 2.24) is 19.3 Å². The van der Waals surface area contributed by atoms with Gasteiger partial charge in [0.05, 0.1) is 33.4 Å². The second-order valence-electron chi connectivity index (χ2n) is 11.7. The standard InChI is InChI=1S/C36H31ClN6O7S2/c1-4-8-25-30(34(45)48-6-3)31(20-11-13-26-27(17-20)50-19-49-26)42-33(44)29(52-35(42)38-25)18-22-16-24(43(46)47)12-14-28(22)51-36-40-39-32(41(36)5-2)21-9-7-10-23(37)15-21/h7,9-18,31H,4-6,8,19H2,1-3H3/b29-18+/t31-/m0/s1. The molecule has 13 nitrogen and oxygen atoms in total. The second-order valence-corrected chi connectivity index (χ2v) is 14.1. The fourth-order valence-corrected chi connectivity index (χ4v) is 8.28. The van der Waals surface area contributed by atoms with E-state index in [9.17, 15) is 19.7 Å². The molecule has 52 heavy (non-hydrogen) atoms. The first kappa shape index (κ1) is 35.2. The summed E-state index contributed by atoms with van der Waals surface area (Å²) in [6.45, 7) is 6.41. The van der Waals surface area contributed by atoms with Crippen molar-refractivity contribution in [2.24, 2.45) is 4.99 Å². The molecule has 0 unspecified atom stereocenters. The normalized spacial score (nSPS) is 15.1. The van der Waals surface area contributed by atoms with Crippen molar-refractivity contribution in [2.45, 2.75) is 56.3 Å². The number of halogens is 1. The molecule has 266 valence electrons. The van der Waals surface area contributed by atoms with E-state index in [1.807, 2.05) is 30.5 Å². The molecule has 0 amide bonds. The molecule has 2 aliphatic heterocycles. The van der Waals surface area contributed by atoms with Crippen molar-refractivity contribution >= 4 is 52.4 Å². The van der Waals surface area contributed by atoms with Crippen LogP contribution < -0.4 is 24.4 Å². The number of thiazole rings is 1. The summed E-state index contributed by atoms with van der Waals surface area (Å²) in [6, 6.07) is 16.2. The Balaban J connectivity index is 1.38. The number of aromatic nitrogens is 4. The van der Waals surface area contributed by atoms with Crippen LogP contribution in [0, 0.1) is 10.1 Å². The van der Waals surface area contributed by atoms with Gasteiger partial charge >= 0.3 is 5.97 Å². The van der Waals surface area contributed by atoms with Crippen LogP contribution in [0.25, 0.3) is 17.5 Å². The summed E-state index contributed by atoms with van der Waals surface area (Å²) >= 11 is 8.66. The van der Waals surface area contributed by atoms with Gasteiger partial charge in [0.2, 0.25) is 6.79 Å². The average Bonchev–Trinajstić information content (AvgIpc) is 3.85. The fourth-order valence-electron chi connectivity index (χ4n) is 6.10. The van der Waals surface area contributed by atoms with E-state index in [4.69, 9.17) is 30.8 Å². The van der Waals surface area contributed by atoms with E-state index >= 15 is 0 Å². The topological polar surface area (TPSA) is 153 Å². The number of hydrogen-bond acceptors (Lipinski definition) is 12. The summed E-state index contributed by atoms with van der Waals surface area (Å²) in [6.07, 6.45) is 2.79. The molecule has 0 saturated heterocycles. The van der Waals surface area contributed by atoms with Crippen LogP contribution in [0.15, 0.2) is 91.8 Å². The molecule has 0 aliphatic carbocycles. The lowest BCUT2D eigenvalue weighted by Crippen LogP contribution is -2.40. The lowest BCUT2D eigenvalue weighted by molar-refractivity contribution is -0.384. The highest BCUT2D eigenvalue weighted by atomic mass is 35.5. The van der Waals surface area contributed by atoms with Gasteiger partial charge < -0.3 is 18.8 Å². The van der Waals surface area contributed by atoms with Gasteiger partial charge in [-0.25, -0.2) is 9.79 Å². The van der Waals surface area contributed by atoms with Crippen LogP contribution >= 0.6 is 34.7 Å². The summed E-state index contributed by atoms with van der Waals surface area (Å²) in [5, 5.41) is 21.9. The number of nitro benzene ring substituents is 1. The van der Waals surface area contributed by atoms with Gasteiger partial charge in [0.15, 0.2) is 27.3 Å². The minimum atomic E-state index is -0.875. The molecule has 0 radical (unpaired) electrons. The first-order valence-electron chi connectivity index (χ1n) is 16.5. The summed E-state index contributed by atoms with van der Waals surface area (Å²) in [5.74, 6) is 1.10. The third kappa shape index (κ3) is 6.62. The van der Waals surface area contributed by atoms with Crippen LogP contribution in [-0.2, 0) is 16.1 Å². The second kappa shape index (κ2) is 14.8. The van der Waals surface area contributed by atoms with E-state index in [-0.39, 0.29) is 29.2 Å². The van der Waals surface area contributed by atoms with E-state index in [0.29, 0.717) is 73.4 Å². The Morgan fingerprint density at radius 2 is 1.94 bits per heavy atom.